The molecule has 140 valence electrons. The van der Waals surface area contributed by atoms with Gasteiger partial charge in [-0.05, 0) is 52.2 Å². The van der Waals surface area contributed by atoms with Gasteiger partial charge in [-0.25, -0.2) is 13.2 Å². The molecule has 2 rings (SSSR count). The van der Waals surface area contributed by atoms with Crippen LogP contribution >= 0.6 is 0 Å². The second kappa shape index (κ2) is 7.74. The number of hydrogen-bond acceptors (Lipinski definition) is 3. The Hall–Kier alpha value is -1.60. The van der Waals surface area contributed by atoms with E-state index in [-0.39, 0.29) is 12.1 Å². The van der Waals surface area contributed by atoms with E-state index in [0.717, 1.165) is 16.7 Å². The van der Waals surface area contributed by atoms with Crippen LogP contribution in [-0.2, 0) is 10.0 Å². The molecule has 0 radical (unpaired) electrons. The third kappa shape index (κ3) is 4.52. The van der Waals surface area contributed by atoms with Crippen molar-refractivity contribution in [3.05, 3.63) is 28.8 Å². The smallest absolute Gasteiger partial charge is 0.317 e. The highest BCUT2D eigenvalue weighted by atomic mass is 32.2. The zero-order chi connectivity index (χ0) is 18.8. The summed E-state index contributed by atoms with van der Waals surface area (Å²) in [5, 5.41) is 2.87. The van der Waals surface area contributed by atoms with E-state index >= 15 is 0 Å². The second-order valence-electron chi connectivity index (χ2n) is 7.08. The van der Waals surface area contributed by atoms with E-state index in [0.29, 0.717) is 37.5 Å². The first-order valence-electron chi connectivity index (χ1n) is 8.76. The van der Waals surface area contributed by atoms with Gasteiger partial charge in [0.1, 0.15) is 0 Å². The maximum atomic E-state index is 13.2. The number of carbonyl (C=O) groups is 1. The molecule has 0 spiro atoms. The van der Waals surface area contributed by atoms with Crippen molar-refractivity contribution in [1.29, 1.82) is 0 Å². The Balaban J connectivity index is 2.21. The monoisotopic (exact) mass is 367 g/mol. The van der Waals surface area contributed by atoms with Crippen LogP contribution in [0.1, 0.15) is 37.0 Å². The van der Waals surface area contributed by atoms with Crippen LogP contribution in [0, 0.1) is 20.8 Å². The number of nitrogens with one attached hydrogen (secondary N) is 1. The number of rotatable bonds is 3. The maximum absolute atomic E-state index is 13.2. The molecule has 0 bridgehead atoms. The topological polar surface area (TPSA) is 69.7 Å². The molecule has 2 amide bonds. The van der Waals surface area contributed by atoms with Crippen molar-refractivity contribution in [3.63, 3.8) is 0 Å². The van der Waals surface area contributed by atoms with Crippen molar-refractivity contribution in [3.8, 4) is 0 Å². The summed E-state index contributed by atoms with van der Waals surface area (Å²) in [6, 6.07) is 3.74. The van der Waals surface area contributed by atoms with Crippen LogP contribution in [0.2, 0.25) is 0 Å². The standard InChI is InChI=1S/C18H29N3O3S/c1-13(2)19-18(22)20-7-6-8-21(10-9-20)25(23,24)17-15(4)11-14(3)12-16(17)5/h11-13H,6-10H2,1-5H3,(H,19,22). The van der Waals surface area contributed by atoms with Crippen LogP contribution in [0.25, 0.3) is 0 Å². The fraction of sp³-hybridized carbons (Fsp3) is 0.611. The largest absolute Gasteiger partial charge is 0.336 e. The summed E-state index contributed by atoms with van der Waals surface area (Å²) in [5.41, 5.74) is 2.61. The summed E-state index contributed by atoms with van der Waals surface area (Å²) in [7, 11) is -3.56. The third-order valence-electron chi connectivity index (χ3n) is 4.36. The Labute approximate surface area is 151 Å². The van der Waals surface area contributed by atoms with Gasteiger partial charge in [-0.15, -0.1) is 0 Å². The first-order chi connectivity index (χ1) is 11.6. The Morgan fingerprint density at radius 3 is 2.20 bits per heavy atom. The quantitative estimate of drug-likeness (QED) is 0.892. The van der Waals surface area contributed by atoms with Crippen LogP contribution in [0.15, 0.2) is 17.0 Å². The molecule has 0 aliphatic carbocycles. The van der Waals surface area contributed by atoms with Gasteiger partial charge in [-0.3, -0.25) is 0 Å². The number of sulfonamides is 1. The zero-order valence-electron chi connectivity index (χ0n) is 15.8. The van der Waals surface area contributed by atoms with Gasteiger partial charge in [0.05, 0.1) is 4.90 Å². The lowest BCUT2D eigenvalue weighted by Crippen LogP contribution is -2.44. The molecule has 0 unspecified atom stereocenters. The van der Waals surface area contributed by atoms with Crippen LogP contribution < -0.4 is 5.32 Å². The highest BCUT2D eigenvalue weighted by Crippen LogP contribution is 2.26. The lowest BCUT2D eigenvalue weighted by Gasteiger charge is -2.24. The van der Waals surface area contributed by atoms with Crippen LogP contribution in [0.4, 0.5) is 4.79 Å². The zero-order valence-corrected chi connectivity index (χ0v) is 16.6. The minimum absolute atomic E-state index is 0.0634. The summed E-state index contributed by atoms with van der Waals surface area (Å²) in [6.45, 7) is 11.2. The molecule has 1 aliphatic heterocycles. The lowest BCUT2D eigenvalue weighted by atomic mass is 10.1. The van der Waals surface area contributed by atoms with Gasteiger partial charge < -0.3 is 10.2 Å². The van der Waals surface area contributed by atoms with Crippen LogP contribution in [0.5, 0.6) is 0 Å². The predicted molar refractivity (Wildman–Crippen MR) is 99.3 cm³/mol. The van der Waals surface area contributed by atoms with Gasteiger partial charge in [0.2, 0.25) is 10.0 Å². The molecule has 6 nitrogen and oxygen atoms in total. The highest BCUT2D eigenvalue weighted by molar-refractivity contribution is 7.89. The molecule has 0 saturated carbocycles. The van der Waals surface area contributed by atoms with E-state index in [1.165, 1.54) is 4.31 Å². The minimum atomic E-state index is -3.56. The first-order valence-corrected chi connectivity index (χ1v) is 10.2. The first kappa shape index (κ1) is 19.7. The molecule has 0 atom stereocenters. The molecule has 25 heavy (non-hydrogen) atoms. The minimum Gasteiger partial charge on any atom is -0.336 e. The van der Waals surface area contributed by atoms with E-state index in [1.54, 1.807) is 4.90 Å². The molecule has 1 aliphatic rings. The van der Waals surface area contributed by atoms with E-state index in [4.69, 9.17) is 0 Å². The summed E-state index contributed by atoms with van der Waals surface area (Å²) in [5.74, 6) is 0. The van der Waals surface area contributed by atoms with E-state index < -0.39 is 10.0 Å². The van der Waals surface area contributed by atoms with Crippen molar-refractivity contribution in [2.75, 3.05) is 26.2 Å². The van der Waals surface area contributed by atoms with E-state index in [1.807, 2.05) is 46.8 Å². The van der Waals surface area contributed by atoms with Gasteiger partial charge in [-0.1, -0.05) is 17.7 Å². The number of benzene rings is 1. The van der Waals surface area contributed by atoms with Crippen molar-refractivity contribution in [2.45, 2.75) is 52.0 Å². The van der Waals surface area contributed by atoms with Gasteiger partial charge >= 0.3 is 6.03 Å². The highest BCUT2D eigenvalue weighted by Gasteiger charge is 2.30. The molecule has 1 heterocycles. The number of urea groups is 1. The van der Waals surface area contributed by atoms with Crippen LogP contribution in [-0.4, -0.2) is 55.9 Å². The summed E-state index contributed by atoms with van der Waals surface area (Å²) >= 11 is 0. The normalized spacial score (nSPS) is 16.8. The van der Waals surface area contributed by atoms with E-state index in [9.17, 15) is 13.2 Å². The average molecular weight is 368 g/mol. The Morgan fingerprint density at radius 1 is 1.04 bits per heavy atom. The molecule has 7 heteroatoms. The lowest BCUT2D eigenvalue weighted by molar-refractivity contribution is 0.198. The summed E-state index contributed by atoms with van der Waals surface area (Å²) in [6.07, 6.45) is 0.634. The molecule has 1 saturated heterocycles. The van der Waals surface area contributed by atoms with Gasteiger partial charge in [0.15, 0.2) is 0 Å². The summed E-state index contributed by atoms with van der Waals surface area (Å²) in [4.78, 5) is 14.3. The number of carbonyl (C=O) groups excluding carboxylic acids is 1. The molecule has 1 N–H and O–H groups in total. The Morgan fingerprint density at radius 2 is 1.64 bits per heavy atom. The number of aryl methyl sites for hydroxylation is 3. The predicted octanol–water partition coefficient (Wildman–Crippen LogP) is 2.43. The fourth-order valence-corrected chi connectivity index (χ4v) is 5.26. The Bertz CT molecular complexity index is 721. The molecular weight excluding hydrogens is 338 g/mol. The molecular formula is C18H29N3O3S. The molecule has 0 aromatic heterocycles. The maximum Gasteiger partial charge on any atom is 0.317 e. The van der Waals surface area contributed by atoms with E-state index in [2.05, 4.69) is 5.32 Å². The Kier molecular flexibility index (Phi) is 6.11. The second-order valence-corrected chi connectivity index (χ2v) is 8.95. The van der Waals surface area contributed by atoms with Crippen molar-refractivity contribution in [1.82, 2.24) is 14.5 Å². The van der Waals surface area contributed by atoms with Crippen molar-refractivity contribution in [2.24, 2.45) is 0 Å². The third-order valence-corrected chi connectivity index (χ3v) is 6.56. The SMILES string of the molecule is Cc1cc(C)c(S(=O)(=O)N2CCCN(C(=O)NC(C)C)CC2)c(C)c1. The van der Waals surface area contributed by atoms with Gasteiger partial charge in [0.25, 0.3) is 0 Å². The molecule has 1 aromatic rings. The van der Waals surface area contributed by atoms with Crippen molar-refractivity contribution >= 4 is 16.1 Å². The number of nitrogens with zero attached hydrogens (tertiary/aromatic N) is 2. The van der Waals surface area contributed by atoms with Crippen molar-refractivity contribution < 1.29 is 13.2 Å². The van der Waals surface area contributed by atoms with Crippen LogP contribution in [0.3, 0.4) is 0 Å². The number of hydrogen-bond donors (Lipinski definition) is 1. The molecule has 1 fully saturated rings. The van der Waals surface area contributed by atoms with Gasteiger partial charge in [-0.2, -0.15) is 4.31 Å². The fourth-order valence-electron chi connectivity index (χ4n) is 3.38. The summed E-state index contributed by atoms with van der Waals surface area (Å²) < 4.78 is 27.8. The number of amides is 2. The van der Waals surface area contributed by atoms with Gasteiger partial charge in [0, 0.05) is 32.2 Å². The molecule has 1 aromatic carbocycles. The average Bonchev–Trinajstić information content (AvgIpc) is 2.71.